The number of fused-ring (bicyclic) bond motifs is 1. The van der Waals surface area contributed by atoms with Gasteiger partial charge in [-0.1, -0.05) is 27.7 Å². The van der Waals surface area contributed by atoms with Gasteiger partial charge in [-0.25, -0.2) is 0 Å². The van der Waals surface area contributed by atoms with Crippen molar-refractivity contribution in [1.82, 2.24) is 0 Å². The number of ether oxygens (including phenoxy) is 5. The zero-order valence-electron chi connectivity index (χ0n) is 13.8. The van der Waals surface area contributed by atoms with Gasteiger partial charge >= 0.3 is 0 Å². The number of carbonyl (C=O) groups is 1. The van der Waals surface area contributed by atoms with E-state index in [0.29, 0.717) is 25.7 Å². The molecule has 3 aliphatic heterocycles. The predicted octanol–water partition coefficient (Wildman–Crippen LogP) is 2.15. The van der Waals surface area contributed by atoms with Crippen LogP contribution in [0.3, 0.4) is 0 Å². The minimum Gasteiger partial charge on any atom is -0.344 e. The van der Waals surface area contributed by atoms with Crippen molar-refractivity contribution in [1.29, 1.82) is 0 Å². The van der Waals surface area contributed by atoms with Gasteiger partial charge in [0.15, 0.2) is 17.7 Å². The Morgan fingerprint density at radius 2 is 1.59 bits per heavy atom. The van der Waals surface area contributed by atoms with E-state index < -0.39 is 23.5 Å². The van der Waals surface area contributed by atoms with Crippen LogP contribution in [0.25, 0.3) is 0 Å². The molecule has 22 heavy (non-hydrogen) atoms. The van der Waals surface area contributed by atoms with Crippen LogP contribution in [0.1, 0.15) is 53.4 Å². The molecule has 3 aliphatic rings. The van der Waals surface area contributed by atoms with Gasteiger partial charge in [-0.05, 0) is 25.7 Å². The highest BCUT2D eigenvalue weighted by atomic mass is 16.8. The van der Waals surface area contributed by atoms with Gasteiger partial charge in [0.1, 0.15) is 12.7 Å². The van der Waals surface area contributed by atoms with Crippen molar-refractivity contribution in [3.8, 4) is 0 Å². The van der Waals surface area contributed by atoms with Gasteiger partial charge in [0, 0.05) is 0 Å². The first-order valence-corrected chi connectivity index (χ1v) is 8.35. The normalized spacial score (nSPS) is 39.4. The van der Waals surface area contributed by atoms with E-state index in [0.717, 1.165) is 0 Å². The van der Waals surface area contributed by atoms with Crippen LogP contribution in [0, 0.1) is 0 Å². The lowest BCUT2D eigenvalue weighted by Crippen LogP contribution is -2.59. The van der Waals surface area contributed by atoms with Crippen LogP contribution < -0.4 is 0 Å². The van der Waals surface area contributed by atoms with Crippen molar-refractivity contribution in [2.45, 2.75) is 82.9 Å². The Morgan fingerprint density at radius 3 is 2.14 bits per heavy atom. The maximum atomic E-state index is 12.9. The summed E-state index contributed by atoms with van der Waals surface area (Å²) in [7, 11) is 0. The second-order valence-electron chi connectivity index (χ2n) is 6.25. The van der Waals surface area contributed by atoms with Crippen LogP contribution in [0.4, 0.5) is 0 Å². The minimum absolute atomic E-state index is 0.116. The van der Waals surface area contributed by atoms with Gasteiger partial charge in [-0.15, -0.1) is 0 Å². The van der Waals surface area contributed by atoms with Crippen LogP contribution in [0.2, 0.25) is 0 Å². The van der Waals surface area contributed by atoms with E-state index in [1.165, 1.54) is 0 Å². The second kappa shape index (κ2) is 5.53. The molecule has 0 aromatic rings. The Hall–Kier alpha value is -0.530. The van der Waals surface area contributed by atoms with Crippen LogP contribution in [0.15, 0.2) is 0 Å². The molecule has 126 valence electrons. The van der Waals surface area contributed by atoms with E-state index in [2.05, 4.69) is 0 Å². The van der Waals surface area contributed by atoms with Crippen molar-refractivity contribution >= 4 is 5.78 Å². The molecular formula is C16H26O6. The molecule has 3 atom stereocenters. The molecule has 1 spiro atoms. The average Bonchev–Trinajstić information content (AvgIpc) is 3.13. The lowest BCUT2D eigenvalue weighted by molar-refractivity contribution is -0.273. The number of rotatable bonds is 4. The predicted molar refractivity (Wildman–Crippen MR) is 77.1 cm³/mol. The van der Waals surface area contributed by atoms with Gasteiger partial charge in [0.2, 0.25) is 5.78 Å². The van der Waals surface area contributed by atoms with E-state index in [9.17, 15) is 4.79 Å². The number of ketones is 1. The molecule has 6 heteroatoms. The molecule has 3 rings (SSSR count). The maximum absolute atomic E-state index is 12.9. The summed E-state index contributed by atoms with van der Waals surface area (Å²) in [6.45, 7) is 8.35. The highest BCUT2D eigenvalue weighted by Gasteiger charge is 2.64. The number of Topliss-reactive ketones (excluding diaryl/α,β-unsaturated/α-hetero) is 1. The lowest BCUT2D eigenvalue weighted by atomic mass is 9.99. The Bertz CT molecular complexity index is 436. The van der Waals surface area contributed by atoms with Crippen molar-refractivity contribution in [3.63, 3.8) is 0 Å². The van der Waals surface area contributed by atoms with Crippen LogP contribution >= 0.6 is 0 Å². The molecule has 0 aromatic carbocycles. The van der Waals surface area contributed by atoms with Crippen molar-refractivity contribution in [2.24, 2.45) is 0 Å². The standard InChI is InChI=1S/C16H26O6/c1-5-14(6-2)19-10-16(22-14)13(17)12-11(9-18-16)20-15(7-3,8-4)21-12/h11-12H,5-10H2,1-4H3. The lowest BCUT2D eigenvalue weighted by Gasteiger charge is -2.36. The Labute approximate surface area is 131 Å². The molecule has 0 aliphatic carbocycles. The molecular weight excluding hydrogens is 288 g/mol. The van der Waals surface area contributed by atoms with Gasteiger partial charge in [-0.3, -0.25) is 4.79 Å². The highest BCUT2D eigenvalue weighted by Crippen LogP contribution is 2.45. The van der Waals surface area contributed by atoms with Gasteiger partial charge in [0.25, 0.3) is 5.79 Å². The van der Waals surface area contributed by atoms with Gasteiger partial charge < -0.3 is 23.7 Å². The summed E-state index contributed by atoms with van der Waals surface area (Å²) in [5, 5.41) is 0. The fraction of sp³-hybridized carbons (Fsp3) is 0.938. The first kappa shape index (κ1) is 16.3. The minimum atomic E-state index is -1.34. The van der Waals surface area contributed by atoms with E-state index in [-0.39, 0.29) is 25.1 Å². The number of hydrogen-bond donors (Lipinski definition) is 0. The Kier molecular flexibility index (Phi) is 4.10. The fourth-order valence-electron chi connectivity index (χ4n) is 3.48. The summed E-state index contributed by atoms with van der Waals surface area (Å²) in [5.41, 5.74) is 0. The number of carbonyl (C=O) groups excluding carboxylic acids is 1. The third kappa shape index (κ3) is 2.24. The fourth-order valence-corrected chi connectivity index (χ4v) is 3.48. The largest absolute Gasteiger partial charge is 0.344 e. The molecule has 3 saturated heterocycles. The molecule has 0 saturated carbocycles. The molecule has 0 N–H and O–H groups in total. The van der Waals surface area contributed by atoms with Gasteiger partial charge in [0.05, 0.1) is 6.61 Å². The highest BCUT2D eigenvalue weighted by molar-refractivity contribution is 5.92. The molecule has 3 fully saturated rings. The third-order valence-electron chi connectivity index (χ3n) is 5.19. The summed E-state index contributed by atoms with van der Waals surface area (Å²) in [6, 6.07) is 0. The summed E-state index contributed by atoms with van der Waals surface area (Å²) >= 11 is 0. The average molecular weight is 314 g/mol. The molecule has 3 heterocycles. The molecule has 6 nitrogen and oxygen atoms in total. The molecule has 3 unspecified atom stereocenters. The van der Waals surface area contributed by atoms with Gasteiger partial charge in [-0.2, -0.15) is 0 Å². The molecule has 0 bridgehead atoms. The van der Waals surface area contributed by atoms with E-state index in [4.69, 9.17) is 23.7 Å². The van der Waals surface area contributed by atoms with E-state index >= 15 is 0 Å². The topological polar surface area (TPSA) is 63.2 Å². The Morgan fingerprint density at radius 1 is 0.955 bits per heavy atom. The summed E-state index contributed by atoms with van der Waals surface area (Å²) < 4.78 is 29.5. The van der Waals surface area contributed by atoms with Crippen LogP contribution in [-0.4, -0.2) is 48.6 Å². The smallest absolute Gasteiger partial charge is 0.258 e. The monoisotopic (exact) mass is 314 g/mol. The molecule has 0 radical (unpaired) electrons. The zero-order valence-corrected chi connectivity index (χ0v) is 13.8. The zero-order chi connectivity index (χ0) is 16.0. The first-order valence-electron chi connectivity index (χ1n) is 8.35. The summed E-state index contributed by atoms with van der Waals surface area (Å²) in [5.74, 6) is -2.98. The molecule has 0 amide bonds. The molecule has 0 aromatic heterocycles. The van der Waals surface area contributed by atoms with E-state index in [1.54, 1.807) is 0 Å². The quantitative estimate of drug-likeness (QED) is 0.792. The Balaban J connectivity index is 1.81. The summed E-state index contributed by atoms with van der Waals surface area (Å²) in [6.07, 6.45) is 1.73. The van der Waals surface area contributed by atoms with E-state index in [1.807, 2.05) is 27.7 Å². The second-order valence-corrected chi connectivity index (χ2v) is 6.25. The van der Waals surface area contributed by atoms with Crippen molar-refractivity contribution in [3.05, 3.63) is 0 Å². The van der Waals surface area contributed by atoms with Crippen LogP contribution in [-0.2, 0) is 28.5 Å². The maximum Gasteiger partial charge on any atom is 0.258 e. The SMILES string of the molecule is CCC1(CC)OC2COC3(COC(CC)(CC)O3)C(=O)C2O1. The number of hydrogen-bond acceptors (Lipinski definition) is 6. The van der Waals surface area contributed by atoms with Crippen LogP contribution in [0.5, 0.6) is 0 Å². The third-order valence-corrected chi connectivity index (χ3v) is 5.19. The summed E-state index contributed by atoms with van der Waals surface area (Å²) in [4.78, 5) is 12.9. The van der Waals surface area contributed by atoms with Crippen molar-refractivity contribution in [2.75, 3.05) is 13.2 Å². The first-order chi connectivity index (χ1) is 10.5. The van der Waals surface area contributed by atoms with Crippen molar-refractivity contribution < 1.29 is 28.5 Å².